The minimum Gasteiger partial charge on any atom is -0.506 e. The molecule has 1 aliphatic carbocycles. The van der Waals surface area contributed by atoms with Crippen LogP contribution in [0.15, 0.2) is 36.7 Å². The highest BCUT2D eigenvalue weighted by Gasteiger charge is 2.29. The summed E-state index contributed by atoms with van der Waals surface area (Å²) in [5.41, 5.74) is 2.67. The lowest BCUT2D eigenvalue weighted by Crippen LogP contribution is -1.97. The first-order chi connectivity index (χ1) is 10.3. The summed E-state index contributed by atoms with van der Waals surface area (Å²) >= 11 is 0. The zero-order valence-electron chi connectivity index (χ0n) is 11.7. The predicted molar refractivity (Wildman–Crippen MR) is 79.5 cm³/mol. The van der Waals surface area contributed by atoms with Crippen LogP contribution in [0, 0.1) is 0 Å². The van der Waals surface area contributed by atoms with Crippen molar-refractivity contribution in [1.29, 1.82) is 0 Å². The van der Waals surface area contributed by atoms with Gasteiger partial charge in [-0.25, -0.2) is 4.98 Å². The molecule has 0 atom stereocenters. The molecule has 1 aromatic carbocycles. The lowest BCUT2D eigenvalue weighted by Gasteiger charge is -2.08. The van der Waals surface area contributed by atoms with Crippen molar-refractivity contribution in [2.45, 2.75) is 18.9 Å². The number of rotatable bonds is 3. The molecule has 0 spiro atoms. The summed E-state index contributed by atoms with van der Waals surface area (Å²) in [5.74, 6) is 1.73. The molecule has 0 aliphatic heterocycles. The van der Waals surface area contributed by atoms with Gasteiger partial charge < -0.3 is 14.4 Å². The summed E-state index contributed by atoms with van der Waals surface area (Å²) in [4.78, 5) is 8.64. The summed E-state index contributed by atoms with van der Waals surface area (Å²) in [6.07, 6.45) is 5.42. The third-order valence-corrected chi connectivity index (χ3v) is 3.85. The van der Waals surface area contributed by atoms with Gasteiger partial charge in [-0.1, -0.05) is 0 Å². The van der Waals surface area contributed by atoms with E-state index in [-0.39, 0.29) is 5.75 Å². The first-order valence-corrected chi connectivity index (χ1v) is 6.97. The van der Waals surface area contributed by atoms with Crippen molar-refractivity contribution in [2.75, 3.05) is 7.11 Å². The zero-order chi connectivity index (χ0) is 14.4. The number of hydrogen-bond donors (Lipinski definition) is 1. The summed E-state index contributed by atoms with van der Waals surface area (Å²) in [6, 6.07) is 8.16. The second-order valence-electron chi connectivity index (χ2n) is 5.28. The van der Waals surface area contributed by atoms with Gasteiger partial charge in [-0.2, -0.15) is 0 Å². The van der Waals surface area contributed by atoms with Gasteiger partial charge in [-0.15, -0.1) is 0 Å². The van der Waals surface area contributed by atoms with Gasteiger partial charge in [0.25, 0.3) is 0 Å². The standard InChI is InChI=1S/C16H15N3O2/c1-21-11-4-5-14-13(8-11)18-16(19(14)10-2-3-10)12-6-7-17-9-15(12)20/h4-10,20H,2-3H2,1H3. The van der Waals surface area contributed by atoms with Crippen LogP contribution in [0.5, 0.6) is 11.5 Å². The predicted octanol–water partition coefficient (Wildman–Crippen LogP) is 3.15. The van der Waals surface area contributed by atoms with Crippen molar-refractivity contribution in [1.82, 2.24) is 14.5 Å². The van der Waals surface area contributed by atoms with Crippen LogP contribution in [-0.4, -0.2) is 26.8 Å². The minimum atomic E-state index is 0.154. The molecular formula is C16H15N3O2. The highest BCUT2D eigenvalue weighted by Crippen LogP contribution is 2.42. The Hall–Kier alpha value is -2.56. The fourth-order valence-corrected chi connectivity index (χ4v) is 2.67. The first kappa shape index (κ1) is 12.2. The fourth-order valence-electron chi connectivity index (χ4n) is 2.67. The zero-order valence-corrected chi connectivity index (χ0v) is 11.7. The van der Waals surface area contributed by atoms with Gasteiger partial charge in [0.15, 0.2) is 0 Å². The van der Waals surface area contributed by atoms with Gasteiger partial charge in [0.05, 0.1) is 29.9 Å². The molecule has 0 saturated heterocycles. The third kappa shape index (κ3) is 1.93. The molecule has 0 bridgehead atoms. The Labute approximate surface area is 121 Å². The fraction of sp³-hybridized carbons (Fsp3) is 0.250. The van der Waals surface area contributed by atoms with Crippen LogP contribution in [0.3, 0.4) is 0 Å². The van der Waals surface area contributed by atoms with Crippen molar-refractivity contribution in [3.8, 4) is 22.9 Å². The first-order valence-electron chi connectivity index (χ1n) is 6.97. The van der Waals surface area contributed by atoms with E-state index in [1.807, 2.05) is 18.2 Å². The Kier molecular flexibility index (Phi) is 2.60. The van der Waals surface area contributed by atoms with Crippen molar-refractivity contribution in [2.24, 2.45) is 0 Å². The Balaban J connectivity index is 1.99. The van der Waals surface area contributed by atoms with E-state index in [9.17, 15) is 5.11 Å². The molecule has 0 amide bonds. The van der Waals surface area contributed by atoms with Crippen LogP contribution in [0.25, 0.3) is 22.4 Å². The van der Waals surface area contributed by atoms with Crippen molar-refractivity contribution in [3.63, 3.8) is 0 Å². The van der Waals surface area contributed by atoms with Crippen molar-refractivity contribution < 1.29 is 9.84 Å². The lowest BCUT2D eigenvalue weighted by atomic mass is 10.2. The molecule has 0 radical (unpaired) electrons. The van der Waals surface area contributed by atoms with Gasteiger partial charge in [0.1, 0.15) is 17.3 Å². The molecular weight excluding hydrogens is 266 g/mol. The van der Waals surface area contributed by atoms with Crippen LogP contribution < -0.4 is 4.74 Å². The summed E-state index contributed by atoms with van der Waals surface area (Å²) in [6.45, 7) is 0. The number of benzene rings is 1. The molecule has 1 N–H and O–H groups in total. The molecule has 1 aliphatic rings. The van der Waals surface area contributed by atoms with Crippen LogP contribution in [-0.2, 0) is 0 Å². The van der Waals surface area contributed by atoms with Crippen LogP contribution in [0.1, 0.15) is 18.9 Å². The second-order valence-corrected chi connectivity index (χ2v) is 5.28. The maximum absolute atomic E-state index is 10.1. The maximum Gasteiger partial charge on any atom is 0.145 e. The summed E-state index contributed by atoms with van der Waals surface area (Å²) < 4.78 is 7.48. The highest BCUT2D eigenvalue weighted by molar-refractivity contribution is 5.83. The largest absolute Gasteiger partial charge is 0.506 e. The normalized spacial score (nSPS) is 14.5. The topological polar surface area (TPSA) is 60.2 Å². The number of imidazole rings is 1. The number of aromatic nitrogens is 3. The van der Waals surface area contributed by atoms with Gasteiger partial charge in [-0.3, -0.25) is 4.98 Å². The Morgan fingerprint density at radius 3 is 2.86 bits per heavy atom. The molecule has 5 heteroatoms. The van der Waals surface area contributed by atoms with Crippen LogP contribution >= 0.6 is 0 Å². The molecule has 106 valence electrons. The number of pyridine rings is 1. The Morgan fingerprint density at radius 2 is 2.14 bits per heavy atom. The van der Waals surface area contributed by atoms with Gasteiger partial charge in [0.2, 0.25) is 0 Å². The number of hydrogen-bond acceptors (Lipinski definition) is 4. The van der Waals surface area contributed by atoms with E-state index in [1.54, 1.807) is 19.4 Å². The average molecular weight is 281 g/mol. The lowest BCUT2D eigenvalue weighted by molar-refractivity contribution is 0.415. The van der Waals surface area contributed by atoms with E-state index in [0.29, 0.717) is 11.6 Å². The number of nitrogens with zero attached hydrogens (tertiary/aromatic N) is 3. The number of aromatic hydroxyl groups is 1. The van der Waals surface area contributed by atoms with E-state index in [2.05, 4.69) is 9.55 Å². The minimum absolute atomic E-state index is 0.154. The van der Waals surface area contributed by atoms with Gasteiger partial charge in [0, 0.05) is 18.3 Å². The van der Waals surface area contributed by atoms with Gasteiger partial charge >= 0.3 is 0 Å². The molecule has 2 heterocycles. The average Bonchev–Trinajstić information content (AvgIpc) is 3.27. The third-order valence-electron chi connectivity index (χ3n) is 3.85. The number of methoxy groups -OCH3 is 1. The monoisotopic (exact) mass is 281 g/mol. The summed E-state index contributed by atoms with van der Waals surface area (Å²) in [5, 5.41) is 10.1. The molecule has 2 aromatic heterocycles. The van der Waals surface area contributed by atoms with E-state index in [1.165, 1.54) is 6.20 Å². The molecule has 1 saturated carbocycles. The van der Waals surface area contributed by atoms with E-state index in [0.717, 1.165) is 35.4 Å². The van der Waals surface area contributed by atoms with E-state index in [4.69, 9.17) is 9.72 Å². The number of ether oxygens (including phenoxy) is 1. The molecule has 3 aromatic rings. The Bertz CT molecular complexity index is 822. The van der Waals surface area contributed by atoms with E-state index < -0.39 is 0 Å². The van der Waals surface area contributed by atoms with Crippen LogP contribution in [0.4, 0.5) is 0 Å². The quantitative estimate of drug-likeness (QED) is 0.801. The highest BCUT2D eigenvalue weighted by atomic mass is 16.5. The van der Waals surface area contributed by atoms with Crippen LogP contribution in [0.2, 0.25) is 0 Å². The maximum atomic E-state index is 10.1. The molecule has 0 unspecified atom stereocenters. The number of fused-ring (bicyclic) bond motifs is 1. The molecule has 5 nitrogen and oxygen atoms in total. The Morgan fingerprint density at radius 1 is 1.29 bits per heavy atom. The second kappa shape index (κ2) is 4.48. The molecule has 1 fully saturated rings. The molecule has 4 rings (SSSR count). The van der Waals surface area contributed by atoms with Gasteiger partial charge in [-0.05, 0) is 31.0 Å². The van der Waals surface area contributed by atoms with Crippen molar-refractivity contribution >= 4 is 11.0 Å². The van der Waals surface area contributed by atoms with E-state index >= 15 is 0 Å². The molecule has 21 heavy (non-hydrogen) atoms. The summed E-state index contributed by atoms with van der Waals surface area (Å²) in [7, 11) is 1.65. The SMILES string of the molecule is COc1ccc2c(c1)nc(-c1ccncc1O)n2C1CC1. The van der Waals surface area contributed by atoms with Crippen molar-refractivity contribution in [3.05, 3.63) is 36.7 Å². The smallest absolute Gasteiger partial charge is 0.145 e.